The molecule has 0 radical (unpaired) electrons. The summed E-state index contributed by atoms with van der Waals surface area (Å²) in [6.07, 6.45) is 5.80. The second kappa shape index (κ2) is 6.27. The second-order valence-electron chi connectivity index (χ2n) is 5.98. The predicted octanol–water partition coefficient (Wildman–Crippen LogP) is 3.13. The fraction of sp³-hybridized carbons (Fsp3) is 0.625. The molecule has 1 aliphatic rings. The summed E-state index contributed by atoms with van der Waals surface area (Å²) in [5, 5.41) is -0.426. The molecule has 1 aliphatic carbocycles. The summed E-state index contributed by atoms with van der Waals surface area (Å²) in [4.78, 5) is 0.432. The van der Waals surface area contributed by atoms with Crippen LogP contribution in [-0.4, -0.2) is 19.7 Å². The van der Waals surface area contributed by atoms with Crippen LogP contribution in [0.1, 0.15) is 49.7 Å². The summed E-state index contributed by atoms with van der Waals surface area (Å²) >= 11 is 0. The standard InChI is InChI=1S/C16H25NO2S/c1-12-9-10-14(11-13(12)2)20(18,19)16-8-6-4-3-5-7-15(16)17/h9-11,15-16H,3-8,17H2,1-2H3. The zero-order chi connectivity index (χ0) is 14.8. The predicted molar refractivity (Wildman–Crippen MR) is 82.6 cm³/mol. The molecule has 0 heterocycles. The van der Waals surface area contributed by atoms with Gasteiger partial charge in [0.25, 0.3) is 0 Å². The third kappa shape index (κ3) is 3.23. The van der Waals surface area contributed by atoms with Gasteiger partial charge in [-0.15, -0.1) is 0 Å². The van der Waals surface area contributed by atoms with E-state index >= 15 is 0 Å². The fourth-order valence-electron chi connectivity index (χ4n) is 2.93. The minimum Gasteiger partial charge on any atom is -0.327 e. The lowest BCUT2D eigenvalue weighted by Gasteiger charge is -2.26. The molecular formula is C16H25NO2S. The molecule has 1 aromatic rings. The van der Waals surface area contributed by atoms with Crippen molar-refractivity contribution in [2.24, 2.45) is 5.73 Å². The summed E-state index contributed by atoms with van der Waals surface area (Å²) in [6, 6.07) is 5.16. The third-order valence-electron chi connectivity index (χ3n) is 4.46. The van der Waals surface area contributed by atoms with E-state index in [1.54, 1.807) is 12.1 Å². The highest BCUT2D eigenvalue weighted by Crippen LogP contribution is 2.27. The van der Waals surface area contributed by atoms with Crippen molar-refractivity contribution >= 4 is 9.84 Å². The fourth-order valence-corrected chi connectivity index (χ4v) is 4.95. The Labute approximate surface area is 122 Å². The Morgan fingerprint density at radius 3 is 2.30 bits per heavy atom. The maximum atomic E-state index is 12.8. The zero-order valence-corrected chi connectivity index (χ0v) is 13.2. The van der Waals surface area contributed by atoms with Gasteiger partial charge in [0.1, 0.15) is 0 Å². The number of rotatable bonds is 2. The molecular weight excluding hydrogens is 270 g/mol. The summed E-state index contributed by atoms with van der Waals surface area (Å²) in [5.74, 6) is 0. The van der Waals surface area contributed by atoms with Crippen molar-refractivity contribution in [2.45, 2.75) is 68.6 Å². The van der Waals surface area contributed by atoms with E-state index in [-0.39, 0.29) is 6.04 Å². The molecule has 0 spiro atoms. The highest BCUT2D eigenvalue weighted by atomic mass is 32.2. The highest BCUT2D eigenvalue weighted by Gasteiger charge is 2.33. The molecule has 112 valence electrons. The number of aryl methyl sites for hydroxylation is 2. The quantitative estimate of drug-likeness (QED) is 0.912. The topological polar surface area (TPSA) is 60.2 Å². The summed E-state index contributed by atoms with van der Waals surface area (Å²) in [7, 11) is -3.32. The van der Waals surface area contributed by atoms with Crippen molar-refractivity contribution in [3.05, 3.63) is 29.3 Å². The average Bonchev–Trinajstić information content (AvgIpc) is 2.37. The molecule has 1 saturated carbocycles. The first-order chi connectivity index (χ1) is 9.43. The first kappa shape index (κ1) is 15.5. The molecule has 4 heteroatoms. The van der Waals surface area contributed by atoms with Gasteiger partial charge in [-0.25, -0.2) is 8.42 Å². The van der Waals surface area contributed by atoms with Crippen molar-refractivity contribution in [1.29, 1.82) is 0 Å². The summed E-state index contributed by atoms with van der Waals surface area (Å²) in [6.45, 7) is 3.94. The molecule has 0 bridgehead atoms. The van der Waals surface area contributed by atoms with Gasteiger partial charge in [0, 0.05) is 6.04 Å². The average molecular weight is 295 g/mol. The van der Waals surface area contributed by atoms with Crippen LogP contribution in [0, 0.1) is 13.8 Å². The van der Waals surface area contributed by atoms with Gasteiger partial charge in [-0.3, -0.25) is 0 Å². The Hall–Kier alpha value is -0.870. The highest BCUT2D eigenvalue weighted by molar-refractivity contribution is 7.92. The van der Waals surface area contributed by atoms with Crippen LogP contribution in [-0.2, 0) is 9.84 Å². The lowest BCUT2D eigenvalue weighted by atomic mass is 9.97. The van der Waals surface area contributed by atoms with E-state index in [0.29, 0.717) is 11.3 Å². The van der Waals surface area contributed by atoms with Crippen LogP contribution >= 0.6 is 0 Å². The molecule has 20 heavy (non-hydrogen) atoms. The smallest absolute Gasteiger partial charge is 0.182 e. The number of nitrogens with two attached hydrogens (primary N) is 1. The van der Waals surface area contributed by atoms with E-state index < -0.39 is 15.1 Å². The summed E-state index contributed by atoms with van der Waals surface area (Å²) < 4.78 is 25.7. The Balaban J connectivity index is 2.33. The second-order valence-corrected chi connectivity index (χ2v) is 8.15. The zero-order valence-electron chi connectivity index (χ0n) is 12.4. The Morgan fingerprint density at radius 2 is 1.65 bits per heavy atom. The van der Waals surface area contributed by atoms with Gasteiger partial charge in [0.15, 0.2) is 9.84 Å². The molecule has 0 aromatic heterocycles. The molecule has 2 atom stereocenters. The van der Waals surface area contributed by atoms with Gasteiger partial charge in [-0.1, -0.05) is 31.7 Å². The third-order valence-corrected chi connectivity index (χ3v) is 6.75. The molecule has 0 saturated heterocycles. The minimum absolute atomic E-state index is 0.234. The number of benzene rings is 1. The van der Waals surface area contributed by atoms with E-state index in [1.807, 2.05) is 19.9 Å². The van der Waals surface area contributed by atoms with Gasteiger partial charge in [-0.05, 0) is 49.9 Å². The number of sulfone groups is 1. The van der Waals surface area contributed by atoms with Crippen molar-refractivity contribution in [2.75, 3.05) is 0 Å². The first-order valence-electron chi connectivity index (χ1n) is 7.49. The van der Waals surface area contributed by atoms with E-state index in [2.05, 4.69) is 0 Å². The maximum absolute atomic E-state index is 12.8. The normalized spacial score (nSPS) is 24.9. The van der Waals surface area contributed by atoms with Gasteiger partial charge in [0.2, 0.25) is 0 Å². The largest absolute Gasteiger partial charge is 0.327 e. The molecule has 1 fully saturated rings. The molecule has 2 N–H and O–H groups in total. The molecule has 0 amide bonds. The number of hydrogen-bond acceptors (Lipinski definition) is 3. The van der Waals surface area contributed by atoms with Crippen LogP contribution in [0.5, 0.6) is 0 Å². The Kier molecular flexibility index (Phi) is 4.86. The lowest BCUT2D eigenvalue weighted by molar-refractivity contribution is 0.444. The van der Waals surface area contributed by atoms with Crippen LogP contribution in [0.25, 0.3) is 0 Å². The maximum Gasteiger partial charge on any atom is 0.182 e. The van der Waals surface area contributed by atoms with Gasteiger partial charge < -0.3 is 5.73 Å². The lowest BCUT2D eigenvalue weighted by Crippen LogP contribution is -2.41. The number of hydrogen-bond donors (Lipinski definition) is 1. The van der Waals surface area contributed by atoms with Crippen LogP contribution in [0.15, 0.2) is 23.1 Å². The minimum atomic E-state index is -3.32. The van der Waals surface area contributed by atoms with E-state index in [9.17, 15) is 8.42 Å². The van der Waals surface area contributed by atoms with Crippen molar-refractivity contribution in [3.8, 4) is 0 Å². The molecule has 3 nitrogen and oxygen atoms in total. The monoisotopic (exact) mass is 295 g/mol. The van der Waals surface area contributed by atoms with Crippen molar-refractivity contribution < 1.29 is 8.42 Å². The van der Waals surface area contributed by atoms with E-state index in [1.165, 1.54) is 6.42 Å². The molecule has 2 unspecified atom stereocenters. The van der Waals surface area contributed by atoms with Crippen molar-refractivity contribution in [1.82, 2.24) is 0 Å². The molecule has 1 aromatic carbocycles. The van der Waals surface area contributed by atoms with E-state index in [0.717, 1.165) is 36.8 Å². The van der Waals surface area contributed by atoms with Gasteiger partial charge in [-0.2, -0.15) is 0 Å². The van der Waals surface area contributed by atoms with Crippen molar-refractivity contribution in [3.63, 3.8) is 0 Å². The SMILES string of the molecule is Cc1ccc(S(=O)(=O)C2CCCCCCC2N)cc1C. The van der Waals surface area contributed by atoms with Crippen LogP contribution < -0.4 is 5.73 Å². The van der Waals surface area contributed by atoms with Gasteiger partial charge >= 0.3 is 0 Å². The van der Waals surface area contributed by atoms with E-state index in [4.69, 9.17) is 5.73 Å². The van der Waals surface area contributed by atoms with Crippen LogP contribution in [0.4, 0.5) is 0 Å². The Morgan fingerprint density at radius 1 is 1.00 bits per heavy atom. The van der Waals surface area contributed by atoms with Crippen LogP contribution in [0.3, 0.4) is 0 Å². The summed E-state index contributed by atoms with van der Waals surface area (Å²) in [5.41, 5.74) is 8.30. The van der Waals surface area contributed by atoms with Crippen LogP contribution in [0.2, 0.25) is 0 Å². The Bertz CT molecular complexity index is 566. The first-order valence-corrected chi connectivity index (χ1v) is 9.04. The molecule has 0 aliphatic heterocycles. The molecule has 2 rings (SSSR count). The van der Waals surface area contributed by atoms with Gasteiger partial charge in [0.05, 0.1) is 10.1 Å².